The topological polar surface area (TPSA) is 78.4 Å². The molecule has 0 saturated carbocycles. The molecule has 30 heavy (non-hydrogen) atoms. The van der Waals surface area contributed by atoms with Crippen LogP contribution in [-0.2, 0) is 11.2 Å². The first-order valence-corrected chi connectivity index (χ1v) is 9.90. The Hall–Kier alpha value is -2.68. The quantitative estimate of drug-likeness (QED) is 0.275. The number of aromatic nitrogens is 1. The predicted octanol–water partition coefficient (Wildman–Crippen LogP) is 3.69. The average molecular weight is 515 g/mol. The van der Waals surface area contributed by atoms with E-state index < -0.39 is 0 Å². The molecule has 0 fully saturated rings. The number of guanidine groups is 1. The van der Waals surface area contributed by atoms with Gasteiger partial charge in [-0.3, -0.25) is 14.8 Å². The first kappa shape index (κ1) is 22.0. The van der Waals surface area contributed by atoms with E-state index in [-0.39, 0.29) is 35.8 Å². The first-order valence-electron chi connectivity index (χ1n) is 9.90. The molecule has 156 valence electrons. The summed E-state index contributed by atoms with van der Waals surface area (Å²) in [6.07, 6.45) is 3.16. The number of para-hydroxylation sites is 2. The van der Waals surface area contributed by atoms with Gasteiger partial charge in [-0.1, -0.05) is 42.5 Å². The first-order chi connectivity index (χ1) is 14.2. The molecule has 0 aliphatic carbocycles. The van der Waals surface area contributed by atoms with Crippen molar-refractivity contribution in [2.24, 2.45) is 4.99 Å². The van der Waals surface area contributed by atoms with Gasteiger partial charge in [0.2, 0.25) is 5.91 Å². The minimum absolute atomic E-state index is 0. The molecule has 1 unspecified atom stereocenters. The van der Waals surface area contributed by atoms with Crippen molar-refractivity contribution in [1.29, 1.82) is 0 Å². The second-order valence-corrected chi connectivity index (χ2v) is 7.16. The maximum atomic E-state index is 12.0. The summed E-state index contributed by atoms with van der Waals surface area (Å²) in [4.78, 5) is 20.8. The fourth-order valence-electron chi connectivity index (χ4n) is 3.81. The van der Waals surface area contributed by atoms with Gasteiger partial charge < -0.3 is 16.0 Å². The fraction of sp³-hybridized carbons (Fsp3) is 0.261. The van der Waals surface area contributed by atoms with Crippen LogP contribution in [-0.4, -0.2) is 37.0 Å². The van der Waals surface area contributed by atoms with E-state index in [1.54, 1.807) is 7.05 Å². The lowest BCUT2D eigenvalue weighted by Gasteiger charge is -2.26. The van der Waals surface area contributed by atoms with E-state index in [2.05, 4.69) is 56.3 Å². The molecule has 2 heterocycles. The van der Waals surface area contributed by atoms with Crippen molar-refractivity contribution in [3.8, 4) is 0 Å². The SMILES string of the molecule is CN=C(NCCc1cccc2cccnc12)NCC1CC(=O)Nc2ccccc21.I. The molecule has 7 heteroatoms. The number of carbonyl (C=O) groups is 1. The zero-order chi connectivity index (χ0) is 20.1. The Labute approximate surface area is 193 Å². The van der Waals surface area contributed by atoms with Gasteiger partial charge in [0.15, 0.2) is 5.96 Å². The highest BCUT2D eigenvalue weighted by molar-refractivity contribution is 14.0. The number of hydrogen-bond donors (Lipinski definition) is 3. The van der Waals surface area contributed by atoms with Crippen LogP contribution < -0.4 is 16.0 Å². The summed E-state index contributed by atoms with van der Waals surface area (Å²) in [6.45, 7) is 1.40. The number of pyridine rings is 1. The van der Waals surface area contributed by atoms with Crippen LogP contribution >= 0.6 is 24.0 Å². The van der Waals surface area contributed by atoms with Gasteiger partial charge >= 0.3 is 0 Å². The predicted molar refractivity (Wildman–Crippen MR) is 133 cm³/mol. The molecule has 1 aromatic heterocycles. The van der Waals surface area contributed by atoms with Gasteiger partial charge in [0.25, 0.3) is 0 Å². The summed E-state index contributed by atoms with van der Waals surface area (Å²) < 4.78 is 0. The molecule has 4 rings (SSSR count). The van der Waals surface area contributed by atoms with Gasteiger partial charge in [0, 0.05) is 49.7 Å². The maximum Gasteiger partial charge on any atom is 0.225 e. The molecule has 1 aliphatic heterocycles. The number of anilines is 1. The van der Waals surface area contributed by atoms with Crippen molar-refractivity contribution in [3.05, 3.63) is 71.9 Å². The highest BCUT2D eigenvalue weighted by atomic mass is 127. The van der Waals surface area contributed by atoms with E-state index in [4.69, 9.17) is 0 Å². The molecule has 6 nitrogen and oxygen atoms in total. The van der Waals surface area contributed by atoms with Crippen LogP contribution in [0, 0.1) is 0 Å². The Kier molecular flexibility index (Phi) is 7.62. The maximum absolute atomic E-state index is 12.0. The van der Waals surface area contributed by atoms with E-state index in [1.807, 2.05) is 30.5 Å². The van der Waals surface area contributed by atoms with Crippen molar-refractivity contribution in [2.45, 2.75) is 18.8 Å². The third-order valence-electron chi connectivity index (χ3n) is 5.25. The van der Waals surface area contributed by atoms with Crippen LogP contribution in [0.15, 0.2) is 65.8 Å². The molecule has 0 radical (unpaired) electrons. The Balaban J connectivity index is 0.00000256. The summed E-state index contributed by atoms with van der Waals surface area (Å²) in [5, 5.41) is 10.8. The molecule has 1 aliphatic rings. The Morgan fingerprint density at radius 2 is 1.97 bits per heavy atom. The Morgan fingerprint density at radius 3 is 2.83 bits per heavy atom. The lowest BCUT2D eigenvalue weighted by Crippen LogP contribution is -2.41. The monoisotopic (exact) mass is 515 g/mol. The number of carbonyl (C=O) groups excluding carboxylic acids is 1. The van der Waals surface area contributed by atoms with E-state index >= 15 is 0 Å². The second-order valence-electron chi connectivity index (χ2n) is 7.16. The van der Waals surface area contributed by atoms with E-state index in [9.17, 15) is 4.79 Å². The van der Waals surface area contributed by atoms with Gasteiger partial charge in [-0.05, 0) is 29.7 Å². The lowest BCUT2D eigenvalue weighted by molar-refractivity contribution is -0.116. The molecular formula is C23H26IN5O. The summed E-state index contributed by atoms with van der Waals surface area (Å²) in [5.41, 5.74) is 4.33. The summed E-state index contributed by atoms with van der Waals surface area (Å²) >= 11 is 0. The highest BCUT2D eigenvalue weighted by Gasteiger charge is 2.24. The van der Waals surface area contributed by atoms with Gasteiger partial charge in [-0.15, -0.1) is 24.0 Å². The number of nitrogens with zero attached hydrogens (tertiary/aromatic N) is 2. The number of benzene rings is 2. The zero-order valence-corrected chi connectivity index (χ0v) is 19.2. The average Bonchev–Trinajstić information content (AvgIpc) is 2.76. The number of hydrogen-bond acceptors (Lipinski definition) is 3. The van der Waals surface area contributed by atoms with Crippen molar-refractivity contribution in [3.63, 3.8) is 0 Å². The van der Waals surface area contributed by atoms with E-state index in [0.29, 0.717) is 13.0 Å². The smallest absolute Gasteiger partial charge is 0.225 e. The molecule has 0 saturated heterocycles. The van der Waals surface area contributed by atoms with E-state index in [1.165, 1.54) is 5.56 Å². The van der Waals surface area contributed by atoms with Crippen LogP contribution in [0.2, 0.25) is 0 Å². The summed E-state index contributed by atoms with van der Waals surface area (Å²) in [6, 6.07) is 18.3. The number of nitrogens with one attached hydrogen (secondary N) is 3. The molecule has 3 aromatic rings. The zero-order valence-electron chi connectivity index (χ0n) is 16.9. The molecule has 2 aromatic carbocycles. The standard InChI is InChI=1S/C23H25N5O.HI/c1-24-23(26-13-11-17-7-4-6-16-8-5-12-25-22(16)17)27-15-18-14-21(29)28-20-10-3-2-9-19(18)20;/h2-10,12,18H,11,13-15H2,1H3,(H,28,29)(H2,24,26,27);1H. The third-order valence-corrected chi connectivity index (χ3v) is 5.25. The Morgan fingerprint density at radius 1 is 1.13 bits per heavy atom. The third kappa shape index (κ3) is 5.08. The van der Waals surface area contributed by atoms with Gasteiger partial charge in [0.05, 0.1) is 5.52 Å². The molecule has 3 N–H and O–H groups in total. The van der Waals surface area contributed by atoms with Crippen molar-refractivity contribution >= 4 is 52.4 Å². The van der Waals surface area contributed by atoms with Crippen molar-refractivity contribution in [2.75, 3.05) is 25.5 Å². The minimum Gasteiger partial charge on any atom is -0.356 e. The molecule has 0 bridgehead atoms. The lowest BCUT2D eigenvalue weighted by atomic mass is 9.90. The summed E-state index contributed by atoms with van der Waals surface area (Å²) in [5.74, 6) is 0.921. The molecule has 0 spiro atoms. The second kappa shape index (κ2) is 10.4. The highest BCUT2D eigenvalue weighted by Crippen LogP contribution is 2.31. The van der Waals surface area contributed by atoms with Gasteiger partial charge in [-0.2, -0.15) is 0 Å². The fourth-order valence-corrected chi connectivity index (χ4v) is 3.81. The number of halogens is 1. The van der Waals surface area contributed by atoms with Gasteiger partial charge in [0.1, 0.15) is 0 Å². The Bertz CT molecular complexity index is 1050. The van der Waals surface area contributed by atoms with Crippen LogP contribution in [0.1, 0.15) is 23.5 Å². The molecular weight excluding hydrogens is 489 g/mol. The van der Waals surface area contributed by atoms with Gasteiger partial charge in [-0.25, -0.2) is 0 Å². The van der Waals surface area contributed by atoms with Crippen LogP contribution in [0.25, 0.3) is 10.9 Å². The number of amides is 1. The molecule has 1 atom stereocenters. The number of fused-ring (bicyclic) bond motifs is 2. The minimum atomic E-state index is 0. The summed E-state index contributed by atoms with van der Waals surface area (Å²) in [7, 11) is 1.76. The van der Waals surface area contributed by atoms with E-state index in [0.717, 1.165) is 41.1 Å². The van der Waals surface area contributed by atoms with Crippen LogP contribution in [0.3, 0.4) is 0 Å². The number of rotatable bonds is 5. The molecule has 1 amide bonds. The van der Waals surface area contributed by atoms with Crippen molar-refractivity contribution < 1.29 is 4.79 Å². The van der Waals surface area contributed by atoms with Crippen molar-refractivity contribution in [1.82, 2.24) is 15.6 Å². The normalized spacial score (nSPS) is 15.7. The van der Waals surface area contributed by atoms with Crippen LogP contribution in [0.4, 0.5) is 5.69 Å². The number of aliphatic imine (C=N–C) groups is 1. The van der Waals surface area contributed by atoms with Crippen LogP contribution in [0.5, 0.6) is 0 Å². The largest absolute Gasteiger partial charge is 0.356 e.